The zero-order chi connectivity index (χ0) is 14.4. The van der Waals surface area contributed by atoms with Gasteiger partial charge in [0.2, 0.25) is 10.0 Å². The normalized spacial score (nSPS) is 21.8. The predicted octanol–water partition coefficient (Wildman–Crippen LogP) is -0.647. The van der Waals surface area contributed by atoms with Crippen LogP contribution in [0.1, 0.15) is 19.3 Å². The van der Waals surface area contributed by atoms with E-state index in [0.717, 1.165) is 12.8 Å². The van der Waals surface area contributed by atoms with Crippen LogP contribution in [0.25, 0.3) is 0 Å². The van der Waals surface area contributed by atoms with Gasteiger partial charge in [0, 0.05) is 19.6 Å². The minimum atomic E-state index is -3.24. The van der Waals surface area contributed by atoms with Gasteiger partial charge >= 0.3 is 0 Å². The van der Waals surface area contributed by atoms with Crippen molar-refractivity contribution in [3.63, 3.8) is 0 Å². The summed E-state index contributed by atoms with van der Waals surface area (Å²) >= 11 is 0. The summed E-state index contributed by atoms with van der Waals surface area (Å²) in [6.45, 7) is 3.45. The van der Waals surface area contributed by atoms with Crippen LogP contribution in [0.4, 0.5) is 0 Å². The molecule has 8 heteroatoms. The van der Waals surface area contributed by atoms with Crippen LogP contribution >= 0.6 is 0 Å². The molecule has 2 fully saturated rings. The number of hydrogen-bond donors (Lipinski definition) is 2. The molecule has 0 radical (unpaired) electrons. The third-order valence-corrected chi connectivity index (χ3v) is 5.11. The van der Waals surface area contributed by atoms with E-state index in [2.05, 4.69) is 9.71 Å². The maximum Gasteiger partial charge on any atom is 0.213 e. The number of nitrogens with one attached hydrogen (secondary N) is 1. The highest BCUT2D eigenvalue weighted by atomic mass is 32.2. The quantitative estimate of drug-likeness (QED) is 0.502. The lowest BCUT2D eigenvalue weighted by Gasteiger charge is -2.27. The molecule has 0 spiro atoms. The molecule has 0 atom stereocenters. The first kappa shape index (κ1) is 15.5. The average molecular weight is 304 g/mol. The van der Waals surface area contributed by atoms with E-state index in [-0.39, 0.29) is 12.3 Å². The second kappa shape index (κ2) is 7.24. The molecule has 0 aromatic rings. The molecular weight excluding hydrogens is 280 g/mol. The van der Waals surface area contributed by atoms with E-state index >= 15 is 0 Å². The van der Waals surface area contributed by atoms with Crippen molar-refractivity contribution < 1.29 is 13.2 Å². The Hall–Kier alpha value is -0.860. The molecule has 116 valence electrons. The van der Waals surface area contributed by atoms with Gasteiger partial charge in [-0.15, -0.1) is 0 Å². The van der Waals surface area contributed by atoms with Crippen LogP contribution in [-0.4, -0.2) is 64.4 Å². The Morgan fingerprint density at radius 1 is 1.35 bits per heavy atom. The smallest absolute Gasteiger partial charge is 0.213 e. The lowest BCUT2D eigenvalue weighted by atomic mass is 9.86. The second-order valence-corrected chi connectivity index (χ2v) is 7.23. The first-order valence-electron chi connectivity index (χ1n) is 7.17. The van der Waals surface area contributed by atoms with Crippen LogP contribution in [0.5, 0.6) is 0 Å². The van der Waals surface area contributed by atoms with Crippen molar-refractivity contribution in [2.75, 3.05) is 45.1 Å². The first-order chi connectivity index (χ1) is 9.57. The summed E-state index contributed by atoms with van der Waals surface area (Å²) in [7, 11) is -3.24. The van der Waals surface area contributed by atoms with Crippen molar-refractivity contribution in [3.8, 4) is 0 Å². The number of guanidine groups is 1. The molecule has 0 unspecified atom stereocenters. The standard InChI is InChI=1S/C12H24N4O3S/c13-12(16-5-7-19-8-6-16)14-4-9-20(17,18)15-10-11-2-1-3-11/h11,15H,1-10H2,(H2,13,14). The fourth-order valence-electron chi connectivity index (χ4n) is 2.19. The Balaban J connectivity index is 1.69. The Kier molecular flexibility index (Phi) is 5.62. The molecule has 0 bridgehead atoms. The van der Waals surface area contributed by atoms with Crippen molar-refractivity contribution in [1.29, 1.82) is 0 Å². The van der Waals surface area contributed by atoms with Gasteiger partial charge in [-0.1, -0.05) is 6.42 Å². The fraction of sp³-hybridized carbons (Fsp3) is 0.917. The van der Waals surface area contributed by atoms with E-state index in [0.29, 0.717) is 44.7 Å². The number of sulfonamides is 1. The molecule has 1 saturated carbocycles. The summed E-state index contributed by atoms with van der Waals surface area (Å²) in [5.74, 6) is 0.916. The zero-order valence-electron chi connectivity index (χ0n) is 11.8. The lowest BCUT2D eigenvalue weighted by molar-refractivity contribution is 0.0674. The highest BCUT2D eigenvalue weighted by Gasteiger charge is 2.20. The molecule has 2 rings (SSSR count). The molecule has 1 saturated heterocycles. The monoisotopic (exact) mass is 304 g/mol. The maximum absolute atomic E-state index is 11.8. The number of nitrogens with two attached hydrogens (primary N) is 1. The molecule has 7 nitrogen and oxygen atoms in total. The van der Waals surface area contributed by atoms with Gasteiger partial charge in [-0.3, -0.25) is 4.99 Å². The van der Waals surface area contributed by atoms with E-state index in [1.165, 1.54) is 6.42 Å². The predicted molar refractivity (Wildman–Crippen MR) is 78.0 cm³/mol. The first-order valence-corrected chi connectivity index (χ1v) is 8.82. The third kappa shape index (κ3) is 4.92. The number of nitrogens with zero attached hydrogens (tertiary/aromatic N) is 2. The Labute approximate surface area is 120 Å². The number of aliphatic imine (C=N–C) groups is 1. The number of ether oxygens (including phenoxy) is 1. The number of rotatable bonds is 6. The molecule has 2 aliphatic rings. The van der Waals surface area contributed by atoms with E-state index in [1.54, 1.807) is 0 Å². The lowest BCUT2D eigenvalue weighted by Crippen LogP contribution is -2.45. The topological polar surface area (TPSA) is 97.0 Å². The van der Waals surface area contributed by atoms with E-state index in [4.69, 9.17) is 10.5 Å². The molecule has 0 aromatic heterocycles. The van der Waals surface area contributed by atoms with Gasteiger partial charge < -0.3 is 15.4 Å². The van der Waals surface area contributed by atoms with Crippen molar-refractivity contribution >= 4 is 16.0 Å². The maximum atomic E-state index is 11.8. The van der Waals surface area contributed by atoms with Crippen LogP contribution in [0.3, 0.4) is 0 Å². The summed E-state index contributed by atoms with van der Waals surface area (Å²) in [5, 5.41) is 0. The summed E-state index contributed by atoms with van der Waals surface area (Å²) in [6.07, 6.45) is 3.47. The van der Waals surface area contributed by atoms with Gasteiger partial charge in [-0.05, 0) is 18.8 Å². The summed E-state index contributed by atoms with van der Waals surface area (Å²) in [5.41, 5.74) is 5.84. The van der Waals surface area contributed by atoms with E-state index in [9.17, 15) is 8.42 Å². The Morgan fingerprint density at radius 3 is 2.65 bits per heavy atom. The molecule has 20 heavy (non-hydrogen) atoms. The van der Waals surface area contributed by atoms with Gasteiger partial charge in [0.05, 0.1) is 25.5 Å². The van der Waals surface area contributed by atoms with E-state index in [1.807, 2.05) is 4.90 Å². The van der Waals surface area contributed by atoms with Crippen molar-refractivity contribution in [3.05, 3.63) is 0 Å². The zero-order valence-corrected chi connectivity index (χ0v) is 12.6. The van der Waals surface area contributed by atoms with Crippen molar-refractivity contribution in [2.45, 2.75) is 19.3 Å². The minimum Gasteiger partial charge on any atom is -0.378 e. The van der Waals surface area contributed by atoms with E-state index < -0.39 is 10.0 Å². The number of morpholine rings is 1. The molecule has 3 N–H and O–H groups in total. The highest BCUT2D eigenvalue weighted by molar-refractivity contribution is 7.89. The van der Waals surface area contributed by atoms with Crippen LogP contribution in [0, 0.1) is 5.92 Å². The van der Waals surface area contributed by atoms with Gasteiger partial charge in [-0.2, -0.15) is 0 Å². The van der Waals surface area contributed by atoms with Crippen LogP contribution in [0.2, 0.25) is 0 Å². The average Bonchev–Trinajstić information content (AvgIpc) is 2.37. The van der Waals surface area contributed by atoms with Crippen molar-refractivity contribution in [1.82, 2.24) is 9.62 Å². The fourth-order valence-corrected chi connectivity index (χ4v) is 3.15. The highest BCUT2D eigenvalue weighted by Crippen LogP contribution is 2.25. The Bertz CT molecular complexity index is 428. The molecule has 0 amide bonds. The van der Waals surface area contributed by atoms with Crippen LogP contribution in [-0.2, 0) is 14.8 Å². The summed E-state index contributed by atoms with van der Waals surface area (Å²) in [6, 6.07) is 0. The van der Waals surface area contributed by atoms with Crippen molar-refractivity contribution in [2.24, 2.45) is 16.6 Å². The van der Waals surface area contributed by atoms with Gasteiger partial charge in [0.25, 0.3) is 0 Å². The second-order valence-electron chi connectivity index (χ2n) is 5.30. The van der Waals surface area contributed by atoms with Crippen LogP contribution in [0.15, 0.2) is 4.99 Å². The summed E-state index contributed by atoms with van der Waals surface area (Å²) < 4.78 is 31.4. The minimum absolute atomic E-state index is 0.00917. The largest absolute Gasteiger partial charge is 0.378 e. The van der Waals surface area contributed by atoms with Gasteiger partial charge in [0.1, 0.15) is 0 Å². The SMILES string of the molecule is NC(=NCCS(=O)(=O)NCC1CCC1)N1CCOCC1. The van der Waals surface area contributed by atoms with Crippen LogP contribution < -0.4 is 10.5 Å². The molecule has 1 aliphatic carbocycles. The van der Waals surface area contributed by atoms with Gasteiger partial charge in [0.15, 0.2) is 5.96 Å². The number of hydrogen-bond acceptors (Lipinski definition) is 4. The van der Waals surface area contributed by atoms with Gasteiger partial charge in [-0.25, -0.2) is 13.1 Å². The Morgan fingerprint density at radius 2 is 2.05 bits per heavy atom. The molecular formula is C12H24N4O3S. The molecule has 1 aliphatic heterocycles. The summed E-state index contributed by atoms with van der Waals surface area (Å²) in [4.78, 5) is 6.05. The third-order valence-electron chi connectivity index (χ3n) is 3.79. The molecule has 1 heterocycles. The molecule has 0 aromatic carbocycles.